The lowest BCUT2D eigenvalue weighted by Crippen LogP contribution is -2.24. The number of nitrogens with one attached hydrogen (secondary N) is 2. The Balaban J connectivity index is 1.93. The van der Waals surface area contributed by atoms with Gasteiger partial charge in [-0.05, 0) is 25.1 Å². The number of anilines is 1. The summed E-state index contributed by atoms with van der Waals surface area (Å²) in [7, 11) is 1.65. The average molecular weight is 484 g/mol. The minimum atomic E-state index is -0.179. The van der Waals surface area contributed by atoms with Gasteiger partial charge in [0.05, 0.1) is 27.2 Å². The molecule has 4 N–H and O–H groups in total. The van der Waals surface area contributed by atoms with Crippen molar-refractivity contribution in [1.82, 2.24) is 20.6 Å². The van der Waals surface area contributed by atoms with Crippen molar-refractivity contribution in [2.24, 2.45) is 0 Å². The number of rotatable bonds is 10. The van der Waals surface area contributed by atoms with Crippen LogP contribution in [0.5, 0.6) is 5.75 Å². The van der Waals surface area contributed by atoms with Crippen molar-refractivity contribution in [3.8, 4) is 17.0 Å². The number of carbonyl (C=O) groups excluding carboxylic acids is 1. The molecule has 0 spiro atoms. The summed E-state index contributed by atoms with van der Waals surface area (Å²) in [6.45, 7) is 4.77. The Hall–Kier alpha value is -2.17. The molecule has 3 aromatic rings. The van der Waals surface area contributed by atoms with Gasteiger partial charge in [0.25, 0.3) is 5.91 Å². The number of nitrogens with two attached hydrogens (primary N) is 1. The largest absolute Gasteiger partial charge is 0.491 e. The summed E-state index contributed by atoms with van der Waals surface area (Å²) in [6, 6.07) is 5.07. The zero-order valence-electron chi connectivity index (χ0n) is 17.1. The SMILES string of the molecule is CCNC(=O)c1cc2c(-c3cc(OCCNCCOC)c(Cl)cc3Cl)nc(N)nc2s1. The van der Waals surface area contributed by atoms with Crippen LogP contribution in [0.25, 0.3) is 21.5 Å². The molecule has 0 aliphatic carbocycles. The molecular formula is C20H23Cl2N5O3S. The number of hydrogen-bond acceptors (Lipinski definition) is 8. The fraction of sp³-hybridized carbons (Fsp3) is 0.350. The van der Waals surface area contributed by atoms with Crippen LogP contribution >= 0.6 is 34.5 Å². The number of nitrogen functional groups attached to an aromatic ring is 1. The number of hydrogen-bond donors (Lipinski definition) is 3. The molecule has 1 amide bonds. The fourth-order valence-corrected chi connectivity index (χ4v) is 4.34. The minimum absolute atomic E-state index is 0.0858. The summed E-state index contributed by atoms with van der Waals surface area (Å²) in [5.41, 5.74) is 7.03. The van der Waals surface area contributed by atoms with Crippen LogP contribution in [-0.4, -0.2) is 55.8 Å². The molecule has 166 valence electrons. The van der Waals surface area contributed by atoms with Crippen molar-refractivity contribution < 1.29 is 14.3 Å². The highest BCUT2D eigenvalue weighted by atomic mass is 35.5. The molecule has 3 rings (SSSR count). The van der Waals surface area contributed by atoms with Gasteiger partial charge < -0.3 is 25.8 Å². The predicted molar refractivity (Wildman–Crippen MR) is 126 cm³/mol. The summed E-state index contributed by atoms with van der Waals surface area (Å²) in [6.07, 6.45) is 0. The Kier molecular flexibility index (Phi) is 8.28. The number of fused-ring (bicyclic) bond motifs is 1. The van der Waals surface area contributed by atoms with Crippen LogP contribution in [-0.2, 0) is 4.74 Å². The minimum Gasteiger partial charge on any atom is -0.491 e. The summed E-state index contributed by atoms with van der Waals surface area (Å²) >= 11 is 14.0. The second-order valence-electron chi connectivity index (χ2n) is 6.47. The summed E-state index contributed by atoms with van der Waals surface area (Å²) in [4.78, 5) is 22.0. The van der Waals surface area contributed by atoms with E-state index in [9.17, 15) is 4.79 Å². The second kappa shape index (κ2) is 10.9. The first-order chi connectivity index (χ1) is 14.9. The maximum Gasteiger partial charge on any atom is 0.261 e. The maximum absolute atomic E-state index is 12.3. The number of carbonyl (C=O) groups is 1. The summed E-state index contributed by atoms with van der Waals surface area (Å²) in [5.74, 6) is 0.379. The van der Waals surface area contributed by atoms with E-state index in [2.05, 4.69) is 20.6 Å². The van der Waals surface area contributed by atoms with Crippen LogP contribution in [0, 0.1) is 0 Å². The van der Waals surface area contributed by atoms with Crippen molar-refractivity contribution >= 4 is 56.6 Å². The fourth-order valence-electron chi connectivity index (χ4n) is 2.86. The summed E-state index contributed by atoms with van der Waals surface area (Å²) < 4.78 is 10.8. The molecule has 1 aromatic carbocycles. The van der Waals surface area contributed by atoms with Gasteiger partial charge in [0.15, 0.2) is 0 Å². The first-order valence-electron chi connectivity index (χ1n) is 9.61. The molecule has 11 heteroatoms. The van der Waals surface area contributed by atoms with E-state index in [1.165, 1.54) is 11.3 Å². The van der Waals surface area contributed by atoms with Gasteiger partial charge in [-0.2, -0.15) is 0 Å². The first kappa shape index (κ1) is 23.5. The van der Waals surface area contributed by atoms with Gasteiger partial charge in [-0.3, -0.25) is 4.79 Å². The third kappa shape index (κ3) is 5.75. The lowest BCUT2D eigenvalue weighted by Gasteiger charge is -2.13. The molecule has 0 radical (unpaired) electrons. The van der Waals surface area contributed by atoms with E-state index < -0.39 is 0 Å². The molecule has 0 saturated carbocycles. The number of methoxy groups -OCH3 is 1. The van der Waals surface area contributed by atoms with Gasteiger partial charge in [0.2, 0.25) is 5.95 Å². The number of nitrogens with zero attached hydrogens (tertiary/aromatic N) is 2. The lowest BCUT2D eigenvalue weighted by molar-refractivity contribution is 0.0960. The highest BCUT2D eigenvalue weighted by Gasteiger charge is 2.19. The molecule has 2 heterocycles. The number of ether oxygens (including phenoxy) is 2. The van der Waals surface area contributed by atoms with Crippen molar-refractivity contribution in [3.63, 3.8) is 0 Å². The highest BCUT2D eigenvalue weighted by Crippen LogP contribution is 2.40. The topological polar surface area (TPSA) is 111 Å². The van der Waals surface area contributed by atoms with Gasteiger partial charge in [0, 0.05) is 37.7 Å². The molecule has 0 unspecified atom stereocenters. The van der Waals surface area contributed by atoms with Crippen LogP contribution in [0.3, 0.4) is 0 Å². The van der Waals surface area contributed by atoms with Crippen molar-refractivity contribution in [3.05, 3.63) is 33.1 Å². The molecule has 0 atom stereocenters. The maximum atomic E-state index is 12.3. The normalized spacial score (nSPS) is 11.1. The van der Waals surface area contributed by atoms with E-state index in [-0.39, 0.29) is 11.9 Å². The van der Waals surface area contributed by atoms with E-state index in [0.29, 0.717) is 68.4 Å². The van der Waals surface area contributed by atoms with Gasteiger partial charge in [-0.15, -0.1) is 11.3 Å². The van der Waals surface area contributed by atoms with E-state index in [4.69, 9.17) is 38.4 Å². The first-order valence-corrected chi connectivity index (χ1v) is 11.2. The lowest BCUT2D eigenvalue weighted by atomic mass is 10.1. The molecule has 0 aliphatic rings. The number of amides is 1. The molecule has 0 fully saturated rings. The molecule has 0 aliphatic heterocycles. The summed E-state index contributed by atoms with van der Waals surface area (Å²) in [5, 5.41) is 7.43. The standard InChI is InChI=1S/C20H23Cl2N5O3S/c1-3-25-18(28)16-9-12-17(26-20(23)27-19(12)31-16)11-8-15(14(22)10-13(11)21)30-7-5-24-4-6-29-2/h8-10,24H,3-7H2,1-2H3,(H,25,28)(H2,23,26,27). The van der Waals surface area contributed by atoms with Gasteiger partial charge >= 0.3 is 0 Å². The zero-order valence-corrected chi connectivity index (χ0v) is 19.5. The Bertz CT molecular complexity index is 1080. The average Bonchev–Trinajstić information content (AvgIpc) is 3.16. The Morgan fingerprint density at radius 1 is 1.16 bits per heavy atom. The molecule has 31 heavy (non-hydrogen) atoms. The number of thiophene rings is 1. The smallest absolute Gasteiger partial charge is 0.261 e. The Labute approximate surface area is 194 Å². The molecule has 2 aromatic heterocycles. The van der Waals surface area contributed by atoms with E-state index in [0.717, 1.165) is 6.54 Å². The number of halogens is 2. The van der Waals surface area contributed by atoms with Crippen molar-refractivity contribution in [2.75, 3.05) is 45.7 Å². The van der Waals surface area contributed by atoms with Crippen LogP contribution in [0.1, 0.15) is 16.6 Å². The van der Waals surface area contributed by atoms with Crippen LogP contribution in [0.15, 0.2) is 18.2 Å². The zero-order chi connectivity index (χ0) is 22.4. The van der Waals surface area contributed by atoms with Crippen LogP contribution < -0.4 is 21.1 Å². The van der Waals surface area contributed by atoms with E-state index >= 15 is 0 Å². The quantitative estimate of drug-likeness (QED) is 0.377. The Morgan fingerprint density at radius 2 is 1.94 bits per heavy atom. The van der Waals surface area contributed by atoms with Gasteiger partial charge in [-0.1, -0.05) is 23.2 Å². The van der Waals surface area contributed by atoms with E-state index in [1.54, 1.807) is 25.3 Å². The number of benzene rings is 1. The second-order valence-corrected chi connectivity index (χ2v) is 8.32. The van der Waals surface area contributed by atoms with Crippen molar-refractivity contribution in [1.29, 1.82) is 0 Å². The monoisotopic (exact) mass is 483 g/mol. The molecule has 8 nitrogen and oxygen atoms in total. The number of aromatic nitrogens is 2. The van der Waals surface area contributed by atoms with E-state index in [1.807, 2.05) is 6.92 Å². The van der Waals surface area contributed by atoms with Crippen LogP contribution in [0.2, 0.25) is 10.0 Å². The predicted octanol–water partition coefficient (Wildman–Crippen LogP) is 3.61. The van der Waals surface area contributed by atoms with Crippen LogP contribution in [0.4, 0.5) is 5.95 Å². The molecule has 0 saturated heterocycles. The van der Waals surface area contributed by atoms with Gasteiger partial charge in [-0.25, -0.2) is 9.97 Å². The Morgan fingerprint density at radius 3 is 2.68 bits per heavy atom. The molecular weight excluding hydrogens is 461 g/mol. The highest BCUT2D eigenvalue weighted by molar-refractivity contribution is 7.20. The van der Waals surface area contributed by atoms with Gasteiger partial charge in [0.1, 0.15) is 17.2 Å². The molecule has 0 bridgehead atoms. The third-order valence-corrected chi connectivity index (χ3v) is 5.90. The van der Waals surface area contributed by atoms with Crippen molar-refractivity contribution in [2.45, 2.75) is 6.92 Å². The third-order valence-electron chi connectivity index (χ3n) is 4.27.